The van der Waals surface area contributed by atoms with Gasteiger partial charge in [0.05, 0.1) is 24.5 Å². The fourth-order valence-electron chi connectivity index (χ4n) is 4.52. The number of ether oxygens (including phenoxy) is 1. The van der Waals surface area contributed by atoms with Gasteiger partial charge in [0.1, 0.15) is 0 Å². The summed E-state index contributed by atoms with van der Waals surface area (Å²) >= 11 is 0. The predicted octanol–water partition coefficient (Wildman–Crippen LogP) is 7.19. The lowest BCUT2D eigenvalue weighted by atomic mass is 9.70. The Morgan fingerprint density at radius 1 is 0.871 bits per heavy atom. The summed E-state index contributed by atoms with van der Waals surface area (Å²) in [5.74, 6) is 0. The van der Waals surface area contributed by atoms with E-state index in [1.54, 1.807) is 30.5 Å². The number of benzene rings is 2. The lowest BCUT2D eigenvalue weighted by Crippen LogP contribution is -2.34. The summed E-state index contributed by atoms with van der Waals surface area (Å²) in [4.78, 5) is 4.21. The summed E-state index contributed by atoms with van der Waals surface area (Å²) in [7, 11) is 0. The van der Waals surface area contributed by atoms with Crippen LogP contribution in [0.25, 0.3) is 11.3 Å². The van der Waals surface area contributed by atoms with Gasteiger partial charge in [-0.05, 0) is 54.3 Å². The quantitative estimate of drug-likeness (QED) is 0.417. The molecule has 0 spiro atoms. The number of aromatic nitrogens is 1. The Balaban J connectivity index is 1.56. The second-order valence-corrected chi connectivity index (χ2v) is 8.33. The first kappa shape index (κ1) is 21.6. The van der Waals surface area contributed by atoms with E-state index in [4.69, 9.17) is 4.74 Å². The fourth-order valence-corrected chi connectivity index (χ4v) is 4.52. The average Bonchev–Trinajstić information content (AvgIpc) is 2.80. The topological polar surface area (TPSA) is 22.1 Å². The van der Waals surface area contributed by atoms with Gasteiger partial charge in [-0.2, -0.15) is 13.2 Å². The van der Waals surface area contributed by atoms with Gasteiger partial charge in [-0.3, -0.25) is 4.98 Å². The Kier molecular flexibility index (Phi) is 6.42. The van der Waals surface area contributed by atoms with Crippen LogP contribution in [0.1, 0.15) is 48.8 Å². The maximum Gasteiger partial charge on any atom is 0.416 e. The van der Waals surface area contributed by atoms with Gasteiger partial charge in [-0.15, -0.1) is 0 Å². The molecule has 0 atom stereocenters. The average molecular weight is 425 g/mol. The molecule has 1 aromatic heterocycles. The van der Waals surface area contributed by atoms with Gasteiger partial charge in [0.2, 0.25) is 0 Å². The van der Waals surface area contributed by atoms with Gasteiger partial charge in [0.25, 0.3) is 0 Å². The summed E-state index contributed by atoms with van der Waals surface area (Å²) in [5, 5.41) is 0. The fraction of sp³-hybridized carbons (Fsp3) is 0.346. The van der Waals surface area contributed by atoms with Crippen molar-refractivity contribution in [2.45, 2.75) is 50.3 Å². The van der Waals surface area contributed by atoms with Crippen LogP contribution in [0.15, 0.2) is 72.9 Å². The highest BCUT2D eigenvalue weighted by atomic mass is 19.4. The van der Waals surface area contributed by atoms with Crippen LogP contribution < -0.4 is 0 Å². The third-order valence-electron chi connectivity index (χ3n) is 6.12. The van der Waals surface area contributed by atoms with Gasteiger partial charge in [0.15, 0.2) is 0 Å². The summed E-state index contributed by atoms with van der Waals surface area (Å²) < 4.78 is 46.6. The Labute approximate surface area is 181 Å². The molecule has 0 N–H and O–H groups in total. The molecule has 2 aromatic carbocycles. The van der Waals surface area contributed by atoms with E-state index in [1.165, 1.54) is 18.1 Å². The zero-order valence-corrected chi connectivity index (χ0v) is 17.4. The normalized spacial score (nSPS) is 16.2. The molecule has 0 saturated heterocycles. The monoisotopic (exact) mass is 425 g/mol. The second-order valence-electron chi connectivity index (χ2n) is 8.33. The molecule has 1 aliphatic rings. The number of hydrogen-bond donors (Lipinski definition) is 0. The van der Waals surface area contributed by atoms with Crippen molar-refractivity contribution in [1.29, 1.82) is 0 Å². The molecular formula is C26H26F3NO. The van der Waals surface area contributed by atoms with E-state index in [0.29, 0.717) is 23.4 Å². The van der Waals surface area contributed by atoms with Gasteiger partial charge in [-0.25, -0.2) is 0 Å². The Bertz CT molecular complexity index is 981. The molecule has 0 radical (unpaired) electrons. The van der Waals surface area contributed by atoms with Crippen molar-refractivity contribution in [2.24, 2.45) is 0 Å². The minimum Gasteiger partial charge on any atom is -0.376 e. The molecule has 4 rings (SSSR count). The van der Waals surface area contributed by atoms with E-state index in [-0.39, 0.29) is 12.0 Å². The van der Waals surface area contributed by atoms with Crippen molar-refractivity contribution >= 4 is 0 Å². The molecular weight excluding hydrogens is 399 g/mol. The van der Waals surface area contributed by atoms with Crippen LogP contribution in [0.3, 0.4) is 0 Å². The van der Waals surface area contributed by atoms with Crippen molar-refractivity contribution < 1.29 is 17.9 Å². The third kappa shape index (κ3) is 5.16. The van der Waals surface area contributed by atoms with E-state index < -0.39 is 11.7 Å². The molecule has 5 heteroatoms. The first-order valence-electron chi connectivity index (χ1n) is 10.7. The molecule has 0 unspecified atom stereocenters. The van der Waals surface area contributed by atoms with E-state index in [0.717, 1.165) is 31.7 Å². The van der Waals surface area contributed by atoms with Crippen molar-refractivity contribution in [3.63, 3.8) is 0 Å². The van der Waals surface area contributed by atoms with Crippen LogP contribution in [0, 0.1) is 0 Å². The molecule has 1 heterocycles. The summed E-state index contributed by atoms with van der Waals surface area (Å²) in [5.41, 5.74) is 1.99. The van der Waals surface area contributed by atoms with E-state index >= 15 is 0 Å². The largest absolute Gasteiger partial charge is 0.416 e. The number of alkyl halides is 3. The standard InChI is InChI=1S/C26H26F3NO/c27-26(28,29)23-16-20(15-21(17-23)24-11-5-8-14-30-24)18-31-19-25(12-6-2-7-13-25)22-9-3-1-4-10-22/h1,3-5,8-11,14-17H,2,6-7,12-13,18-19H2. The lowest BCUT2D eigenvalue weighted by Gasteiger charge is -2.37. The maximum atomic E-state index is 13.5. The van der Waals surface area contributed by atoms with Gasteiger partial charge in [-0.1, -0.05) is 55.7 Å². The van der Waals surface area contributed by atoms with Gasteiger partial charge >= 0.3 is 6.18 Å². The van der Waals surface area contributed by atoms with E-state index in [1.807, 2.05) is 18.2 Å². The Morgan fingerprint density at radius 2 is 1.61 bits per heavy atom. The highest BCUT2D eigenvalue weighted by Gasteiger charge is 2.34. The Morgan fingerprint density at radius 3 is 2.29 bits per heavy atom. The first-order chi connectivity index (χ1) is 15.0. The van der Waals surface area contributed by atoms with Crippen molar-refractivity contribution in [2.75, 3.05) is 6.61 Å². The molecule has 1 fully saturated rings. The molecule has 162 valence electrons. The highest BCUT2D eigenvalue weighted by molar-refractivity contribution is 5.61. The molecule has 1 saturated carbocycles. The molecule has 0 aliphatic heterocycles. The van der Waals surface area contributed by atoms with Crippen molar-refractivity contribution in [1.82, 2.24) is 4.98 Å². The van der Waals surface area contributed by atoms with Crippen LogP contribution in [0.5, 0.6) is 0 Å². The van der Waals surface area contributed by atoms with E-state index in [2.05, 4.69) is 17.1 Å². The second kappa shape index (κ2) is 9.23. The zero-order chi connectivity index (χ0) is 21.7. The molecule has 3 aromatic rings. The minimum absolute atomic E-state index is 0.0645. The zero-order valence-electron chi connectivity index (χ0n) is 17.4. The predicted molar refractivity (Wildman–Crippen MR) is 116 cm³/mol. The Hall–Kier alpha value is -2.66. The van der Waals surface area contributed by atoms with E-state index in [9.17, 15) is 13.2 Å². The molecule has 2 nitrogen and oxygen atoms in total. The highest BCUT2D eigenvalue weighted by Crippen LogP contribution is 2.40. The lowest BCUT2D eigenvalue weighted by molar-refractivity contribution is -0.137. The molecule has 1 aliphatic carbocycles. The third-order valence-corrected chi connectivity index (χ3v) is 6.12. The smallest absolute Gasteiger partial charge is 0.376 e. The number of rotatable bonds is 6. The number of pyridine rings is 1. The van der Waals surface area contributed by atoms with Crippen LogP contribution >= 0.6 is 0 Å². The van der Waals surface area contributed by atoms with Crippen molar-refractivity contribution in [3.05, 3.63) is 89.6 Å². The summed E-state index contributed by atoms with van der Waals surface area (Å²) in [6, 6.07) is 19.7. The first-order valence-corrected chi connectivity index (χ1v) is 10.7. The van der Waals surface area contributed by atoms with Crippen LogP contribution in [0.4, 0.5) is 13.2 Å². The molecule has 31 heavy (non-hydrogen) atoms. The van der Waals surface area contributed by atoms with Crippen LogP contribution in [-0.4, -0.2) is 11.6 Å². The SMILES string of the molecule is FC(F)(F)c1cc(COCC2(c3ccccc3)CCCCC2)cc(-c2ccccn2)c1. The molecule has 0 amide bonds. The van der Waals surface area contributed by atoms with Crippen LogP contribution in [0.2, 0.25) is 0 Å². The number of nitrogens with zero attached hydrogens (tertiary/aromatic N) is 1. The summed E-state index contributed by atoms with van der Waals surface area (Å²) in [6.45, 7) is 0.643. The number of hydrogen-bond acceptors (Lipinski definition) is 2. The van der Waals surface area contributed by atoms with Crippen LogP contribution in [-0.2, 0) is 22.9 Å². The van der Waals surface area contributed by atoms with Crippen molar-refractivity contribution in [3.8, 4) is 11.3 Å². The molecule has 0 bridgehead atoms. The van der Waals surface area contributed by atoms with Gasteiger partial charge in [0, 0.05) is 17.2 Å². The van der Waals surface area contributed by atoms with Gasteiger partial charge < -0.3 is 4.74 Å². The minimum atomic E-state index is -4.42. The summed E-state index contributed by atoms with van der Waals surface area (Å²) in [6.07, 6.45) is 2.75. The number of halogens is 3. The maximum absolute atomic E-state index is 13.5.